The Morgan fingerprint density at radius 2 is 1.81 bits per heavy atom. The number of anilines is 1. The van der Waals surface area contributed by atoms with E-state index in [0.29, 0.717) is 11.3 Å². The number of esters is 1. The maximum atomic E-state index is 12.1. The molecule has 2 aromatic rings. The molecule has 0 fully saturated rings. The topological polar surface area (TPSA) is 98.5 Å². The summed E-state index contributed by atoms with van der Waals surface area (Å²) in [5.41, 5.74) is 0.604. The van der Waals surface area contributed by atoms with Gasteiger partial charge in [0.25, 0.3) is 11.6 Å². The maximum absolute atomic E-state index is 12.1. The van der Waals surface area contributed by atoms with Crippen molar-refractivity contribution in [2.24, 2.45) is 0 Å². The number of ether oxygens (including phenoxy) is 1. The number of benzene rings is 2. The Labute approximate surface area is 162 Å². The van der Waals surface area contributed by atoms with Crippen molar-refractivity contribution in [1.29, 1.82) is 0 Å². The van der Waals surface area contributed by atoms with Gasteiger partial charge < -0.3 is 10.1 Å². The highest BCUT2D eigenvalue weighted by Gasteiger charge is 2.20. The van der Waals surface area contributed by atoms with E-state index in [4.69, 9.17) is 39.5 Å². The van der Waals surface area contributed by atoms with Crippen LogP contribution in [0.25, 0.3) is 0 Å². The van der Waals surface area contributed by atoms with Gasteiger partial charge in [0.2, 0.25) is 0 Å². The zero-order chi connectivity index (χ0) is 19.4. The van der Waals surface area contributed by atoms with E-state index >= 15 is 0 Å². The number of amides is 1. The smallest absolute Gasteiger partial charge is 0.341 e. The second kappa shape index (κ2) is 8.35. The highest BCUT2D eigenvalue weighted by Crippen LogP contribution is 2.31. The quantitative estimate of drug-likeness (QED) is 0.330. The second-order valence-electron chi connectivity index (χ2n) is 5.10. The molecule has 10 heteroatoms. The van der Waals surface area contributed by atoms with Gasteiger partial charge in [-0.15, -0.1) is 0 Å². The van der Waals surface area contributed by atoms with Gasteiger partial charge in [-0.25, -0.2) is 4.79 Å². The van der Waals surface area contributed by atoms with Gasteiger partial charge in [0, 0.05) is 17.8 Å². The van der Waals surface area contributed by atoms with Crippen molar-refractivity contribution in [2.45, 2.75) is 6.92 Å². The van der Waals surface area contributed by atoms with Crippen LogP contribution in [0.4, 0.5) is 11.4 Å². The molecule has 7 nitrogen and oxygen atoms in total. The van der Waals surface area contributed by atoms with E-state index in [0.717, 1.165) is 0 Å². The zero-order valence-electron chi connectivity index (χ0n) is 13.2. The molecule has 0 radical (unpaired) electrons. The molecule has 0 aliphatic rings. The van der Waals surface area contributed by atoms with E-state index in [9.17, 15) is 19.7 Å². The van der Waals surface area contributed by atoms with Crippen molar-refractivity contribution >= 4 is 58.1 Å². The van der Waals surface area contributed by atoms with Crippen LogP contribution in [-0.4, -0.2) is 23.4 Å². The highest BCUT2D eigenvalue weighted by atomic mass is 35.5. The van der Waals surface area contributed by atoms with Crippen LogP contribution in [0.3, 0.4) is 0 Å². The molecule has 0 saturated heterocycles. The lowest BCUT2D eigenvalue weighted by Crippen LogP contribution is -2.21. The zero-order valence-corrected chi connectivity index (χ0v) is 15.5. The van der Waals surface area contributed by atoms with Crippen molar-refractivity contribution in [1.82, 2.24) is 0 Å². The van der Waals surface area contributed by atoms with Crippen molar-refractivity contribution in [3.05, 3.63) is 66.6 Å². The third kappa shape index (κ3) is 4.63. The summed E-state index contributed by atoms with van der Waals surface area (Å²) in [7, 11) is 0. The minimum absolute atomic E-state index is 0.0380. The normalized spacial score (nSPS) is 10.3. The lowest BCUT2D eigenvalue weighted by Gasteiger charge is -2.10. The van der Waals surface area contributed by atoms with Gasteiger partial charge in [-0.1, -0.05) is 34.8 Å². The van der Waals surface area contributed by atoms with Crippen molar-refractivity contribution < 1.29 is 19.2 Å². The van der Waals surface area contributed by atoms with Crippen LogP contribution in [0.1, 0.15) is 15.9 Å². The number of carbonyl (C=O) groups is 2. The molecule has 1 N–H and O–H groups in total. The van der Waals surface area contributed by atoms with Crippen LogP contribution in [0.5, 0.6) is 0 Å². The number of carbonyl (C=O) groups excluding carboxylic acids is 2. The van der Waals surface area contributed by atoms with Crippen LogP contribution >= 0.6 is 34.8 Å². The van der Waals surface area contributed by atoms with E-state index < -0.39 is 23.4 Å². The van der Waals surface area contributed by atoms with Gasteiger partial charge in [0.05, 0.1) is 25.6 Å². The Morgan fingerprint density at radius 1 is 1.15 bits per heavy atom. The van der Waals surface area contributed by atoms with Gasteiger partial charge in [-0.2, -0.15) is 0 Å². The summed E-state index contributed by atoms with van der Waals surface area (Å²) in [6, 6.07) is 6.75. The molecule has 0 spiro atoms. The van der Waals surface area contributed by atoms with Crippen LogP contribution < -0.4 is 5.32 Å². The Kier molecular flexibility index (Phi) is 6.42. The summed E-state index contributed by atoms with van der Waals surface area (Å²) < 4.78 is 4.89. The largest absolute Gasteiger partial charge is 0.452 e. The fourth-order valence-corrected chi connectivity index (χ4v) is 2.69. The molecule has 0 aliphatic carbocycles. The SMILES string of the molecule is Cc1cc([N+](=O)[O-])ccc1NC(=O)COC(=O)c1c(Cl)ccc(Cl)c1Cl. The summed E-state index contributed by atoms with van der Waals surface area (Å²) >= 11 is 17.7. The molecule has 0 atom stereocenters. The molecule has 0 saturated carbocycles. The number of nitrogens with one attached hydrogen (secondary N) is 1. The highest BCUT2D eigenvalue weighted by molar-refractivity contribution is 6.46. The number of nitro benzene ring substituents is 1. The van der Waals surface area contributed by atoms with E-state index in [-0.39, 0.29) is 26.3 Å². The first kappa shape index (κ1) is 20.0. The first-order valence-corrected chi connectivity index (χ1v) is 8.19. The number of non-ortho nitro benzene ring substituents is 1. The predicted octanol–water partition coefficient (Wildman–Crippen LogP) is 4.66. The molecule has 2 rings (SSSR count). The van der Waals surface area contributed by atoms with Gasteiger partial charge in [-0.05, 0) is 30.7 Å². The summed E-state index contributed by atoms with van der Waals surface area (Å²) in [6.45, 7) is 0.995. The number of hydrogen-bond donors (Lipinski definition) is 1. The van der Waals surface area contributed by atoms with Gasteiger partial charge in [-0.3, -0.25) is 14.9 Å². The molecule has 26 heavy (non-hydrogen) atoms. The van der Waals surface area contributed by atoms with E-state index in [2.05, 4.69) is 5.32 Å². The Bertz CT molecular complexity index is 902. The average Bonchev–Trinajstić information content (AvgIpc) is 2.58. The van der Waals surface area contributed by atoms with Crippen LogP contribution in [0, 0.1) is 17.0 Å². The number of hydrogen-bond acceptors (Lipinski definition) is 5. The number of nitro groups is 1. The van der Waals surface area contributed by atoms with Gasteiger partial charge in [0.15, 0.2) is 6.61 Å². The number of halogens is 3. The van der Waals surface area contributed by atoms with Crippen molar-refractivity contribution in [3.63, 3.8) is 0 Å². The first-order valence-electron chi connectivity index (χ1n) is 7.06. The Hall–Kier alpha value is -2.35. The van der Waals surface area contributed by atoms with Crippen LogP contribution in [0.15, 0.2) is 30.3 Å². The lowest BCUT2D eigenvalue weighted by atomic mass is 10.2. The van der Waals surface area contributed by atoms with Gasteiger partial charge >= 0.3 is 5.97 Å². The number of aryl methyl sites for hydroxylation is 1. The average molecular weight is 418 g/mol. The molecular formula is C16H11Cl3N2O5. The maximum Gasteiger partial charge on any atom is 0.341 e. The Balaban J connectivity index is 2.02. The van der Waals surface area contributed by atoms with Gasteiger partial charge in [0.1, 0.15) is 0 Å². The van der Waals surface area contributed by atoms with Crippen LogP contribution in [-0.2, 0) is 9.53 Å². The predicted molar refractivity (Wildman–Crippen MR) is 98.2 cm³/mol. The molecule has 0 aromatic heterocycles. The van der Waals surface area contributed by atoms with E-state index in [1.54, 1.807) is 6.92 Å². The number of rotatable bonds is 5. The third-order valence-corrected chi connectivity index (χ3v) is 4.40. The van der Waals surface area contributed by atoms with Crippen molar-refractivity contribution in [2.75, 3.05) is 11.9 Å². The minimum atomic E-state index is -0.905. The molecule has 0 aliphatic heterocycles. The summed E-state index contributed by atoms with van der Waals surface area (Å²) in [5.74, 6) is -1.54. The molecule has 2 aromatic carbocycles. The fourth-order valence-electron chi connectivity index (χ4n) is 2.01. The second-order valence-corrected chi connectivity index (χ2v) is 6.29. The molecule has 136 valence electrons. The summed E-state index contributed by atoms with van der Waals surface area (Å²) in [4.78, 5) is 34.2. The Morgan fingerprint density at radius 3 is 2.42 bits per heavy atom. The van der Waals surface area contributed by atoms with E-state index in [1.165, 1.54) is 30.3 Å². The fraction of sp³-hybridized carbons (Fsp3) is 0.125. The number of nitrogens with zero attached hydrogens (tertiary/aromatic N) is 1. The lowest BCUT2D eigenvalue weighted by molar-refractivity contribution is -0.384. The molecule has 0 bridgehead atoms. The first-order chi connectivity index (χ1) is 12.2. The minimum Gasteiger partial charge on any atom is -0.452 e. The van der Waals surface area contributed by atoms with E-state index in [1.807, 2.05) is 0 Å². The molecule has 0 unspecified atom stereocenters. The summed E-state index contributed by atoms with van der Waals surface area (Å²) in [6.07, 6.45) is 0. The molecule has 1 amide bonds. The third-order valence-electron chi connectivity index (χ3n) is 3.28. The standard InChI is InChI=1S/C16H11Cl3N2O5/c1-8-6-9(21(24)25)2-5-12(8)20-13(22)7-26-16(23)14-10(17)3-4-11(18)15(14)19/h2-6H,7H2,1H3,(H,20,22). The summed E-state index contributed by atoms with van der Waals surface area (Å²) in [5, 5.41) is 13.3. The van der Waals surface area contributed by atoms with Crippen molar-refractivity contribution in [3.8, 4) is 0 Å². The molecule has 0 heterocycles. The van der Waals surface area contributed by atoms with Crippen LogP contribution in [0.2, 0.25) is 15.1 Å². The monoisotopic (exact) mass is 416 g/mol. The molecular weight excluding hydrogens is 407 g/mol.